The molecule has 7 heteroatoms. The Morgan fingerprint density at radius 3 is 2.83 bits per heavy atom. The van der Waals surface area contributed by atoms with Gasteiger partial charge in [0.2, 0.25) is 0 Å². The standard InChI is InChI=1S/C16H20IN3O2S/c1-10-8-20(23-17)14-13(10)12-5-6-19(9-11(12)7-18-14)15(21)22-16(2,3)4/h7-8H,5-6,9H2,1-4H3. The molecule has 23 heavy (non-hydrogen) atoms. The molecule has 0 aromatic carbocycles. The summed E-state index contributed by atoms with van der Waals surface area (Å²) in [6.45, 7) is 9.04. The summed E-state index contributed by atoms with van der Waals surface area (Å²) in [6, 6.07) is 0. The second-order valence-electron chi connectivity index (χ2n) is 6.82. The van der Waals surface area contributed by atoms with Gasteiger partial charge in [-0.2, -0.15) is 0 Å². The quantitative estimate of drug-likeness (QED) is 0.608. The molecule has 0 atom stereocenters. The molecule has 0 saturated heterocycles. The third kappa shape index (κ3) is 3.31. The van der Waals surface area contributed by atoms with Crippen LogP contribution in [0.2, 0.25) is 0 Å². The maximum atomic E-state index is 12.3. The zero-order valence-corrected chi connectivity index (χ0v) is 16.7. The molecule has 0 N–H and O–H groups in total. The van der Waals surface area contributed by atoms with Crippen molar-refractivity contribution in [2.24, 2.45) is 0 Å². The number of hydrogen-bond acceptors (Lipinski definition) is 4. The van der Waals surface area contributed by atoms with E-state index in [1.54, 1.807) is 14.0 Å². The van der Waals surface area contributed by atoms with E-state index in [0.29, 0.717) is 13.1 Å². The van der Waals surface area contributed by atoms with Crippen LogP contribution < -0.4 is 0 Å². The lowest BCUT2D eigenvalue weighted by Crippen LogP contribution is -2.40. The molecular formula is C16H20IN3O2S. The monoisotopic (exact) mass is 445 g/mol. The predicted octanol–water partition coefficient (Wildman–Crippen LogP) is 4.48. The highest BCUT2D eigenvalue weighted by Gasteiger charge is 2.27. The van der Waals surface area contributed by atoms with Crippen molar-refractivity contribution in [1.82, 2.24) is 13.9 Å². The van der Waals surface area contributed by atoms with E-state index in [9.17, 15) is 4.79 Å². The van der Waals surface area contributed by atoms with E-state index >= 15 is 0 Å². The second kappa shape index (κ2) is 6.16. The number of fused-ring (bicyclic) bond motifs is 3. The number of amides is 1. The third-order valence-electron chi connectivity index (χ3n) is 3.89. The number of carbonyl (C=O) groups excluding carboxylic acids is 1. The average Bonchev–Trinajstić information content (AvgIpc) is 2.81. The highest BCUT2D eigenvalue weighted by atomic mass is 127. The van der Waals surface area contributed by atoms with Gasteiger partial charge in [0, 0.05) is 54.6 Å². The van der Waals surface area contributed by atoms with Crippen molar-refractivity contribution in [3.63, 3.8) is 0 Å². The van der Waals surface area contributed by atoms with Crippen LogP contribution in [0.5, 0.6) is 0 Å². The van der Waals surface area contributed by atoms with Gasteiger partial charge in [0.05, 0.1) is 6.54 Å². The molecular weight excluding hydrogens is 425 g/mol. The lowest BCUT2D eigenvalue weighted by Gasteiger charge is -2.31. The molecule has 0 radical (unpaired) electrons. The smallest absolute Gasteiger partial charge is 0.410 e. The number of aromatic nitrogens is 2. The molecule has 0 bridgehead atoms. The van der Waals surface area contributed by atoms with Crippen molar-refractivity contribution in [1.29, 1.82) is 0 Å². The average molecular weight is 445 g/mol. The summed E-state index contributed by atoms with van der Waals surface area (Å²) in [5, 5.41) is 1.23. The van der Waals surface area contributed by atoms with E-state index in [2.05, 4.69) is 43.3 Å². The van der Waals surface area contributed by atoms with Crippen LogP contribution >= 0.6 is 30.3 Å². The zero-order valence-electron chi connectivity index (χ0n) is 13.7. The molecule has 0 unspecified atom stereocenters. The predicted molar refractivity (Wildman–Crippen MR) is 102 cm³/mol. The van der Waals surface area contributed by atoms with Crippen molar-refractivity contribution < 1.29 is 9.53 Å². The van der Waals surface area contributed by atoms with Crippen LogP contribution in [0, 0.1) is 6.92 Å². The fourth-order valence-corrected chi connectivity index (χ4v) is 4.25. The summed E-state index contributed by atoms with van der Waals surface area (Å²) in [4.78, 5) is 18.7. The minimum absolute atomic E-state index is 0.250. The molecule has 5 nitrogen and oxygen atoms in total. The normalized spacial score (nSPS) is 14.9. The number of carbonyl (C=O) groups is 1. The van der Waals surface area contributed by atoms with Gasteiger partial charge in [0.15, 0.2) is 5.65 Å². The molecule has 2 aromatic heterocycles. The largest absolute Gasteiger partial charge is 0.444 e. The summed E-state index contributed by atoms with van der Waals surface area (Å²) in [7, 11) is 1.62. The lowest BCUT2D eigenvalue weighted by atomic mass is 9.97. The Kier molecular flexibility index (Phi) is 4.52. The van der Waals surface area contributed by atoms with E-state index in [-0.39, 0.29) is 6.09 Å². The zero-order chi connectivity index (χ0) is 16.8. The lowest BCUT2D eigenvalue weighted by molar-refractivity contribution is 0.0224. The first-order valence-electron chi connectivity index (χ1n) is 7.55. The summed E-state index contributed by atoms with van der Waals surface area (Å²) in [6.07, 6.45) is 4.61. The highest BCUT2D eigenvalue weighted by molar-refractivity contribution is 14.2. The van der Waals surface area contributed by atoms with Crippen LogP contribution in [0.25, 0.3) is 11.0 Å². The van der Waals surface area contributed by atoms with Gasteiger partial charge < -0.3 is 9.64 Å². The Balaban J connectivity index is 1.92. The molecule has 3 rings (SSSR count). The fraction of sp³-hybridized carbons (Fsp3) is 0.500. The maximum Gasteiger partial charge on any atom is 0.410 e. The first-order chi connectivity index (χ1) is 10.8. The molecule has 3 heterocycles. The Bertz CT molecular complexity index is 767. The van der Waals surface area contributed by atoms with Gasteiger partial charge in [-0.1, -0.05) is 0 Å². The Hall–Kier alpha value is -0.960. The fourth-order valence-electron chi connectivity index (χ4n) is 2.95. The molecule has 0 saturated carbocycles. The van der Waals surface area contributed by atoms with Gasteiger partial charge in [-0.3, -0.25) is 3.97 Å². The van der Waals surface area contributed by atoms with Crippen molar-refractivity contribution in [2.75, 3.05) is 6.54 Å². The molecule has 0 fully saturated rings. The van der Waals surface area contributed by atoms with Crippen molar-refractivity contribution in [3.05, 3.63) is 29.1 Å². The van der Waals surface area contributed by atoms with E-state index in [0.717, 1.165) is 17.6 Å². The van der Waals surface area contributed by atoms with Gasteiger partial charge >= 0.3 is 6.09 Å². The number of ether oxygens (including phenoxy) is 1. The van der Waals surface area contributed by atoms with E-state index < -0.39 is 5.60 Å². The second-order valence-corrected chi connectivity index (χ2v) is 8.53. The van der Waals surface area contributed by atoms with E-state index in [1.807, 2.05) is 27.0 Å². The number of rotatable bonds is 1. The number of pyridine rings is 1. The Labute approximate surface area is 152 Å². The molecule has 1 amide bonds. The molecule has 1 aliphatic rings. The summed E-state index contributed by atoms with van der Waals surface area (Å²) >= 11 is 2.26. The molecule has 0 spiro atoms. The number of halogens is 1. The van der Waals surface area contributed by atoms with Crippen LogP contribution in [0.4, 0.5) is 4.79 Å². The Morgan fingerprint density at radius 1 is 1.43 bits per heavy atom. The summed E-state index contributed by atoms with van der Waals surface area (Å²) < 4.78 is 7.57. The van der Waals surface area contributed by atoms with Crippen LogP contribution in [0.1, 0.15) is 37.5 Å². The molecule has 124 valence electrons. The van der Waals surface area contributed by atoms with Crippen LogP contribution in [0.3, 0.4) is 0 Å². The Morgan fingerprint density at radius 2 is 2.17 bits per heavy atom. The minimum Gasteiger partial charge on any atom is -0.444 e. The number of hydrogen-bond donors (Lipinski definition) is 0. The molecule has 2 aromatic rings. The first kappa shape index (κ1) is 16.9. The van der Waals surface area contributed by atoms with E-state index in [1.165, 1.54) is 16.5 Å². The molecule has 0 aliphatic carbocycles. The molecule has 1 aliphatic heterocycles. The van der Waals surface area contributed by atoms with Gasteiger partial charge in [-0.05, 0) is 50.8 Å². The van der Waals surface area contributed by atoms with Gasteiger partial charge in [-0.25, -0.2) is 9.78 Å². The van der Waals surface area contributed by atoms with Gasteiger partial charge in [0.25, 0.3) is 0 Å². The van der Waals surface area contributed by atoms with Gasteiger partial charge in [0.1, 0.15) is 5.60 Å². The van der Waals surface area contributed by atoms with Crippen molar-refractivity contribution in [3.8, 4) is 0 Å². The number of nitrogens with zero attached hydrogens (tertiary/aromatic N) is 3. The topological polar surface area (TPSA) is 47.4 Å². The van der Waals surface area contributed by atoms with Crippen molar-refractivity contribution in [2.45, 2.75) is 46.3 Å². The van der Waals surface area contributed by atoms with E-state index in [4.69, 9.17) is 4.74 Å². The summed E-state index contributed by atoms with van der Waals surface area (Å²) in [5.74, 6) is 0. The van der Waals surface area contributed by atoms with Crippen LogP contribution in [-0.4, -0.2) is 32.1 Å². The summed E-state index contributed by atoms with van der Waals surface area (Å²) in [5.41, 5.74) is 4.21. The maximum absolute atomic E-state index is 12.3. The third-order valence-corrected chi connectivity index (χ3v) is 5.59. The minimum atomic E-state index is -0.467. The van der Waals surface area contributed by atoms with Crippen molar-refractivity contribution >= 4 is 47.5 Å². The SMILES string of the molecule is Cc1cn(SI)c2ncc3c(c12)CCN(C(=O)OC(C)(C)C)C3. The highest BCUT2D eigenvalue weighted by Crippen LogP contribution is 2.33. The first-order valence-corrected chi connectivity index (χ1v) is 10.9. The van der Waals surface area contributed by atoms with Gasteiger partial charge in [-0.15, -0.1) is 0 Å². The van der Waals surface area contributed by atoms with Crippen LogP contribution in [0.15, 0.2) is 12.4 Å². The number of aryl methyl sites for hydroxylation is 1. The van der Waals surface area contributed by atoms with Crippen LogP contribution in [-0.2, 0) is 17.7 Å².